The van der Waals surface area contributed by atoms with Crippen molar-refractivity contribution in [3.63, 3.8) is 0 Å². The summed E-state index contributed by atoms with van der Waals surface area (Å²) in [6.07, 6.45) is 3.14. The zero-order valence-corrected chi connectivity index (χ0v) is 10.8. The summed E-state index contributed by atoms with van der Waals surface area (Å²) < 4.78 is 5.33. The third-order valence-electron chi connectivity index (χ3n) is 2.35. The van der Waals surface area contributed by atoms with Gasteiger partial charge in [0.05, 0.1) is 11.6 Å². The van der Waals surface area contributed by atoms with Gasteiger partial charge in [-0.2, -0.15) is 0 Å². The van der Waals surface area contributed by atoms with Crippen LogP contribution in [0, 0.1) is 0 Å². The van der Waals surface area contributed by atoms with Crippen LogP contribution in [0.2, 0.25) is 0 Å². The van der Waals surface area contributed by atoms with E-state index in [4.69, 9.17) is 22.7 Å². The number of hydrogen-bond donors (Lipinski definition) is 1. The van der Waals surface area contributed by atoms with E-state index in [2.05, 4.69) is 11.8 Å². The van der Waals surface area contributed by atoms with Crippen LogP contribution in [-0.4, -0.2) is 42.7 Å². The molecule has 0 aliphatic carbocycles. The number of rotatable bonds is 10. The maximum atomic E-state index is 5.44. The number of hydrogen-bond acceptors (Lipinski definition) is 3. The maximum absolute atomic E-state index is 5.44. The van der Waals surface area contributed by atoms with Crippen LogP contribution < -0.4 is 5.73 Å². The molecule has 0 aromatic heterocycles. The van der Waals surface area contributed by atoms with Crippen LogP contribution in [-0.2, 0) is 4.74 Å². The van der Waals surface area contributed by atoms with Crippen LogP contribution in [0.25, 0.3) is 0 Å². The Labute approximate surface area is 99.0 Å². The van der Waals surface area contributed by atoms with Gasteiger partial charge in [-0.25, -0.2) is 0 Å². The second-order valence-corrected chi connectivity index (χ2v) is 4.08. The molecule has 4 heteroatoms. The van der Waals surface area contributed by atoms with Gasteiger partial charge in [0.25, 0.3) is 0 Å². The Kier molecular flexibility index (Phi) is 10.2. The normalized spacial score (nSPS) is 10.9. The number of ether oxygens (including phenoxy) is 1. The van der Waals surface area contributed by atoms with Crippen LogP contribution in [0.3, 0.4) is 0 Å². The molecule has 0 heterocycles. The van der Waals surface area contributed by atoms with Crippen molar-refractivity contribution in [2.75, 3.05) is 32.8 Å². The molecule has 0 amide bonds. The van der Waals surface area contributed by atoms with Crippen molar-refractivity contribution in [1.29, 1.82) is 0 Å². The Hall–Kier alpha value is -0.190. The Morgan fingerprint density at radius 2 is 2.00 bits per heavy atom. The van der Waals surface area contributed by atoms with Gasteiger partial charge in [0, 0.05) is 13.2 Å². The minimum absolute atomic E-state index is 0.632. The van der Waals surface area contributed by atoms with Crippen molar-refractivity contribution in [2.24, 2.45) is 5.73 Å². The topological polar surface area (TPSA) is 38.5 Å². The van der Waals surface area contributed by atoms with E-state index in [9.17, 15) is 0 Å². The minimum Gasteiger partial charge on any atom is -0.393 e. The molecule has 90 valence electrons. The van der Waals surface area contributed by atoms with E-state index in [1.165, 1.54) is 0 Å². The van der Waals surface area contributed by atoms with Crippen molar-refractivity contribution in [3.05, 3.63) is 0 Å². The molecule has 0 atom stereocenters. The Morgan fingerprint density at radius 1 is 1.27 bits per heavy atom. The van der Waals surface area contributed by atoms with Crippen LogP contribution in [0.5, 0.6) is 0 Å². The van der Waals surface area contributed by atoms with Gasteiger partial charge in [-0.05, 0) is 39.3 Å². The molecule has 0 unspecified atom stereocenters. The summed E-state index contributed by atoms with van der Waals surface area (Å²) in [6, 6.07) is 0. The summed E-state index contributed by atoms with van der Waals surface area (Å²) in [7, 11) is 0. The number of likely N-dealkylation sites (N-methyl/N-ethyl adjacent to an activating group) is 1. The van der Waals surface area contributed by atoms with Gasteiger partial charge >= 0.3 is 0 Å². The van der Waals surface area contributed by atoms with Gasteiger partial charge in [0.15, 0.2) is 0 Å². The third-order valence-corrected chi connectivity index (χ3v) is 2.55. The molecular weight excluding hydrogens is 208 g/mol. The lowest BCUT2D eigenvalue weighted by atomic mass is 10.2. The molecule has 3 nitrogen and oxygen atoms in total. The second-order valence-electron chi connectivity index (χ2n) is 3.55. The molecule has 0 spiro atoms. The van der Waals surface area contributed by atoms with Crippen molar-refractivity contribution in [2.45, 2.75) is 33.1 Å². The molecule has 0 aliphatic rings. The van der Waals surface area contributed by atoms with E-state index in [1.54, 1.807) is 0 Å². The van der Waals surface area contributed by atoms with Gasteiger partial charge in [-0.1, -0.05) is 19.1 Å². The van der Waals surface area contributed by atoms with Gasteiger partial charge < -0.3 is 15.4 Å². The van der Waals surface area contributed by atoms with E-state index in [-0.39, 0.29) is 0 Å². The lowest BCUT2D eigenvalue weighted by Gasteiger charge is -2.19. The summed E-state index contributed by atoms with van der Waals surface area (Å²) in [5, 5.41) is 0. The molecule has 15 heavy (non-hydrogen) atoms. The molecule has 0 saturated heterocycles. The summed E-state index contributed by atoms with van der Waals surface area (Å²) in [5.74, 6) is 0. The average Bonchev–Trinajstić information content (AvgIpc) is 2.21. The standard InChI is InChI=1S/C11H24N2OS/c1-3-13(9-10-14-4-2)8-6-5-7-11(12)15/h3-10H2,1-2H3,(H2,12,15). The van der Waals surface area contributed by atoms with E-state index in [0.717, 1.165) is 52.1 Å². The molecule has 0 aromatic carbocycles. The van der Waals surface area contributed by atoms with Crippen molar-refractivity contribution < 1.29 is 4.74 Å². The van der Waals surface area contributed by atoms with E-state index < -0.39 is 0 Å². The Morgan fingerprint density at radius 3 is 2.53 bits per heavy atom. The van der Waals surface area contributed by atoms with Gasteiger partial charge in [0.2, 0.25) is 0 Å². The molecule has 0 radical (unpaired) electrons. The summed E-state index contributed by atoms with van der Waals surface area (Å²) in [5.41, 5.74) is 5.44. The monoisotopic (exact) mass is 232 g/mol. The van der Waals surface area contributed by atoms with Crippen molar-refractivity contribution in [3.8, 4) is 0 Å². The molecule has 0 aliphatic heterocycles. The highest BCUT2D eigenvalue weighted by Crippen LogP contribution is 1.99. The summed E-state index contributed by atoms with van der Waals surface area (Å²) >= 11 is 4.83. The van der Waals surface area contributed by atoms with Crippen LogP contribution in [0.1, 0.15) is 33.1 Å². The van der Waals surface area contributed by atoms with Gasteiger partial charge in [0.1, 0.15) is 0 Å². The predicted molar refractivity (Wildman–Crippen MR) is 69.2 cm³/mol. The SMILES string of the molecule is CCOCCN(CC)CCCCC(N)=S. The third kappa shape index (κ3) is 10.1. The molecule has 0 bridgehead atoms. The quantitative estimate of drug-likeness (QED) is 0.460. The summed E-state index contributed by atoms with van der Waals surface area (Å²) in [4.78, 5) is 3.03. The molecule has 0 saturated carbocycles. The minimum atomic E-state index is 0.632. The highest BCUT2D eigenvalue weighted by molar-refractivity contribution is 7.80. The fourth-order valence-corrected chi connectivity index (χ4v) is 1.54. The first-order valence-electron chi connectivity index (χ1n) is 5.79. The number of nitrogens with two attached hydrogens (primary N) is 1. The fourth-order valence-electron chi connectivity index (χ4n) is 1.40. The fraction of sp³-hybridized carbons (Fsp3) is 0.909. The molecule has 0 fully saturated rings. The maximum Gasteiger partial charge on any atom is 0.0727 e. The zero-order chi connectivity index (χ0) is 11.5. The zero-order valence-electron chi connectivity index (χ0n) is 10.00. The van der Waals surface area contributed by atoms with Crippen molar-refractivity contribution in [1.82, 2.24) is 4.90 Å². The van der Waals surface area contributed by atoms with Crippen LogP contribution >= 0.6 is 12.2 Å². The van der Waals surface area contributed by atoms with E-state index in [1.807, 2.05) is 6.92 Å². The van der Waals surface area contributed by atoms with Gasteiger partial charge in [-0.15, -0.1) is 0 Å². The van der Waals surface area contributed by atoms with Crippen LogP contribution in [0.4, 0.5) is 0 Å². The van der Waals surface area contributed by atoms with Crippen molar-refractivity contribution >= 4 is 17.2 Å². The lowest BCUT2D eigenvalue weighted by Crippen LogP contribution is -2.28. The Bertz CT molecular complexity index is 165. The number of unbranched alkanes of at least 4 members (excludes halogenated alkanes) is 1. The smallest absolute Gasteiger partial charge is 0.0727 e. The first-order valence-corrected chi connectivity index (χ1v) is 6.19. The largest absolute Gasteiger partial charge is 0.393 e. The predicted octanol–water partition coefficient (Wildman–Crippen LogP) is 1.80. The summed E-state index contributed by atoms with van der Waals surface area (Å²) in [6.45, 7) is 9.07. The average molecular weight is 232 g/mol. The Balaban J connectivity index is 3.39. The molecule has 2 N–H and O–H groups in total. The van der Waals surface area contributed by atoms with Gasteiger partial charge in [-0.3, -0.25) is 0 Å². The number of thiocarbonyl (C=S) groups is 1. The highest BCUT2D eigenvalue weighted by atomic mass is 32.1. The molecule has 0 aromatic rings. The first-order chi connectivity index (χ1) is 7.20. The highest BCUT2D eigenvalue weighted by Gasteiger charge is 2.01. The lowest BCUT2D eigenvalue weighted by molar-refractivity contribution is 0.114. The first kappa shape index (κ1) is 14.8. The van der Waals surface area contributed by atoms with Crippen LogP contribution in [0.15, 0.2) is 0 Å². The van der Waals surface area contributed by atoms with E-state index >= 15 is 0 Å². The molecule has 0 rings (SSSR count). The number of nitrogens with zero attached hydrogens (tertiary/aromatic N) is 1. The molecular formula is C11H24N2OS. The van der Waals surface area contributed by atoms with E-state index in [0.29, 0.717) is 4.99 Å². The second kappa shape index (κ2) is 10.3.